The molecule has 1 nitrogen and oxygen atoms in total. The van der Waals surface area contributed by atoms with Gasteiger partial charge in [0, 0.05) is 27.6 Å². The van der Waals surface area contributed by atoms with Gasteiger partial charge in [-0.15, -0.1) is 0 Å². The minimum atomic E-state index is 0.847. The molecule has 2 aliphatic carbocycles. The van der Waals surface area contributed by atoms with Crippen LogP contribution in [0, 0.1) is 0 Å². The van der Waals surface area contributed by atoms with Gasteiger partial charge in [0.05, 0.1) is 11.1 Å². The molecule has 1 heterocycles. The van der Waals surface area contributed by atoms with E-state index in [0.717, 1.165) is 19.4 Å². The third-order valence-electron chi connectivity index (χ3n) is 8.21. The number of nitrogens with zero attached hydrogens (tertiary/aromatic N) is 1. The van der Waals surface area contributed by atoms with Crippen LogP contribution in [0.15, 0.2) is 121 Å². The summed E-state index contributed by atoms with van der Waals surface area (Å²) in [7, 11) is 0. The van der Waals surface area contributed by atoms with E-state index >= 15 is 0 Å². The minimum Gasteiger partial charge on any atom is -0.186 e. The zero-order valence-electron chi connectivity index (χ0n) is 20.6. The SMILES string of the molecule is c1ccc(C[n+]2c3c(c(-c4ccccc4)c4c2-c2cccc5cccc-4c25)CCc2ccccc2-3)cc1. The van der Waals surface area contributed by atoms with Gasteiger partial charge in [-0.2, -0.15) is 4.57 Å². The van der Waals surface area contributed by atoms with Crippen LogP contribution in [-0.2, 0) is 19.4 Å². The number of pyridine rings is 1. The number of aryl methyl sites for hydroxylation is 1. The zero-order chi connectivity index (χ0) is 24.3. The van der Waals surface area contributed by atoms with Crippen molar-refractivity contribution in [2.75, 3.05) is 0 Å². The lowest BCUT2D eigenvalue weighted by molar-refractivity contribution is -0.666. The molecular weight excluding hydrogens is 446 g/mol. The Morgan fingerprint density at radius 3 is 2.00 bits per heavy atom. The molecule has 0 bridgehead atoms. The Kier molecular flexibility index (Phi) is 4.48. The molecule has 174 valence electrons. The van der Waals surface area contributed by atoms with Crippen molar-refractivity contribution in [1.29, 1.82) is 0 Å². The van der Waals surface area contributed by atoms with Gasteiger partial charge in [-0.1, -0.05) is 109 Å². The molecule has 0 atom stereocenters. The molecule has 5 aromatic carbocycles. The van der Waals surface area contributed by atoms with Crippen molar-refractivity contribution in [3.63, 3.8) is 0 Å². The Labute approximate surface area is 217 Å². The van der Waals surface area contributed by atoms with Gasteiger partial charge in [-0.3, -0.25) is 0 Å². The highest BCUT2D eigenvalue weighted by atomic mass is 15.0. The highest BCUT2D eigenvalue weighted by Gasteiger charge is 2.40. The fourth-order valence-electron chi connectivity index (χ4n) is 6.71. The van der Waals surface area contributed by atoms with Gasteiger partial charge >= 0.3 is 0 Å². The molecule has 0 saturated carbocycles. The van der Waals surface area contributed by atoms with E-state index in [1.807, 2.05) is 0 Å². The first-order valence-electron chi connectivity index (χ1n) is 13.2. The summed E-state index contributed by atoms with van der Waals surface area (Å²) in [6, 6.07) is 44.7. The fourth-order valence-corrected chi connectivity index (χ4v) is 6.71. The maximum Gasteiger partial charge on any atom is 0.222 e. The van der Waals surface area contributed by atoms with E-state index in [9.17, 15) is 0 Å². The topological polar surface area (TPSA) is 3.88 Å². The summed E-state index contributed by atoms with van der Waals surface area (Å²) in [6.07, 6.45) is 2.12. The predicted molar refractivity (Wildman–Crippen MR) is 152 cm³/mol. The van der Waals surface area contributed by atoms with Gasteiger partial charge in [-0.05, 0) is 47.1 Å². The highest BCUT2D eigenvalue weighted by molar-refractivity contribution is 6.17. The van der Waals surface area contributed by atoms with Gasteiger partial charge in [0.2, 0.25) is 11.4 Å². The van der Waals surface area contributed by atoms with E-state index in [4.69, 9.17) is 0 Å². The zero-order valence-corrected chi connectivity index (χ0v) is 20.6. The lowest BCUT2D eigenvalue weighted by Crippen LogP contribution is -2.42. The summed E-state index contributed by atoms with van der Waals surface area (Å²) in [5.41, 5.74) is 15.2. The molecule has 0 aliphatic heterocycles. The second kappa shape index (κ2) is 8.01. The van der Waals surface area contributed by atoms with Crippen LogP contribution < -0.4 is 4.57 Å². The van der Waals surface area contributed by atoms with E-state index in [0.29, 0.717) is 0 Å². The van der Waals surface area contributed by atoms with Crippen LogP contribution in [0.25, 0.3) is 55.5 Å². The third kappa shape index (κ3) is 3.01. The van der Waals surface area contributed by atoms with E-state index in [1.165, 1.54) is 72.2 Å². The number of hydrogen-bond donors (Lipinski definition) is 0. The smallest absolute Gasteiger partial charge is 0.186 e. The molecule has 2 aliphatic rings. The van der Waals surface area contributed by atoms with Crippen molar-refractivity contribution in [2.24, 2.45) is 0 Å². The molecule has 0 amide bonds. The summed E-state index contributed by atoms with van der Waals surface area (Å²) in [5, 5.41) is 2.70. The van der Waals surface area contributed by atoms with Gasteiger partial charge in [0.15, 0.2) is 6.54 Å². The average Bonchev–Trinajstić information content (AvgIpc) is 3.30. The first-order chi connectivity index (χ1) is 18.4. The summed E-state index contributed by atoms with van der Waals surface area (Å²) in [5.74, 6) is 0. The molecule has 37 heavy (non-hydrogen) atoms. The van der Waals surface area contributed by atoms with E-state index in [2.05, 4.69) is 126 Å². The van der Waals surface area contributed by atoms with Crippen LogP contribution in [-0.4, -0.2) is 0 Å². The van der Waals surface area contributed by atoms with Gasteiger partial charge < -0.3 is 0 Å². The van der Waals surface area contributed by atoms with Crippen LogP contribution in [0.1, 0.15) is 16.7 Å². The Morgan fingerprint density at radius 2 is 1.19 bits per heavy atom. The van der Waals surface area contributed by atoms with Crippen molar-refractivity contribution in [2.45, 2.75) is 19.4 Å². The Bertz CT molecular complexity index is 1830. The normalized spacial score (nSPS) is 12.8. The first-order valence-corrected chi connectivity index (χ1v) is 13.2. The second-order valence-electron chi connectivity index (χ2n) is 10.2. The van der Waals surface area contributed by atoms with E-state index < -0.39 is 0 Å². The van der Waals surface area contributed by atoms with Crippen LogP contribution in [0.4, 0.5) is 0 Å². The van der Waals surface area contributed by atoms with Crippen molar-refractivity contribution in [1.82, 2.24) is 0 Å². The Morgan fingerprint density at radius 1 is 0.514 bits per heavy atom. The lowest BCUT2D eigenvalue weighted by atomic mass is 9.81. The summed E-state index contributed by atoms with van der Waals surface area (Å²) in [6.45, 7) is 0.847. The number of benzene rings is 5. The van der Waals surface area contributed by atoms with Crippen molar-refractivity contribution < 1.29 is 4.57 Å². The predicted octanol–water partition coefficient (Wildman–Crippen LogP) is 8.26. The largest absolute Gasteiger partial charge is 0.222 e. The average molecular weight is 473 g/mol. The second-order valence-corrected chi connectivity index (χ2v) is 10.2. The standard InChI is InChI=1S/C36H26N/c1-3-11-24(12-4-1)23-37-35-28-18-8-7-13-25(28)21-22-31(35)33(27-14-5-2-6-15-27)34-29-19-9-16-26-17-10-20-30(32(26)29)36(34)37/h1-20H,21-23H2/q+1. The maximum absolute atomic E-state index is 2.64. The molecular formula is C36H26N+. The molecule has 0 N–H and O–H groups in total. The molecule has 8 rings (SSSR count). The summed E-state index contributed by atoms with van der Waals surface area (Å²) >= 11 is 0. The van der Waals surface area contributed by atoms with Crippen molar-refractivity contribution in [3.05, 3.63) is 138 Å². The Hall–Kier alpha value is -4.49. The number of hydrogen-bond acceptors (Lipinski definition) is 0. The quantitative estimate of drug-likeness (QED) is 0.228. The monoisotopic (exact) mass is 472 g/mol. The first kappa shape index (κ1) is 20.7. The Balaban J connectivity index is 1.58. The van der Waals surface area contributed by atoms with Gasteiger partial charge in [0.25, 0.3) is 0 Å². The fraction of sp³-hybridized carbons (Fsp3) is 0.0833. The van der Waals surface area contributed by atoms with E-state index in [1.54, 1.807) is 0 Å². The maximum atomic E-state index is 2.64. The molecule has 0 radical (unpaired) electrons. The molecule has 0 unspecified atom stereocenters. The molecule has 0 saturated heterocycles. The third-order valence-corrected chi connectivity index (χ3v) is 8.21. The highest BCUT2D eigenvalue weighted by Crippen LogP contribution is 2.53. The van der Waals surface area contributed by atoms with E-state index in [-0.39, 0.29) is 0 Å². The molecule has 0 fully saturated rings. The summed E-state index contributed by atoms with van der Waals surface area (Å²) in [4.78, 5) is 0. The van der Waals surface area contributed by atoms with Crippen LogP contribution >= 0.6 is 0 Å². The van der Waals surface area contributed by atoms with Crippen molar-refractivity contribution in [3.8, 4) is 44.8 Å². The van der Waals surface area contributed by atoms with Gasteiger partial charge in [0.1, 0.15) is 0 Å². The summed E-state index contributed by atoms with van der Waals surface area (Å²) < 4.78 is 2.64. The number of rotatable bonds is 3. The molecule has 1 aromatic heterocycles. The van der Waals surface area contributed by atoms with Gasteiger partial charge in [-0.25, -0.2) is 0 Å². The number of aromatic nitrogens is 1. The molecule has 6 aromatic rings. The van der Waals surface area contributed by atoms with Crippen LogP contribution in [0.3, 0.4) is 0 Å². The van der Waals surface area contributed by atoms with Crippen LogP contribution in [0.2, 0.25) is 0 Å². The van der Waals surface area contributed by atoms with Crippen LogP contribution in [0.5, 0.6) is 0 Å². The molecule has 1 heteroatoms. The molecule has 0 spiro atoms. The van der Waals surface area contributed by atoms with Crippen molar-refractivity contribution >= 4 is 10.8 Å². The lowest BCUT2D eigenvalue weighted by Gasteiger charge is -2.24. The number of fused-ring (bicyclic) bond motifs is 6. The minimum absolute atomic E-state index is 0.847.